The number of H-pyrrole nitrogens is 1. The molecule has 3 aromatic carbocycles. The van der Waals surface area contributed by atoms with Gasteiger partial charge in [-0.3, -0.25) is 19.8 Å². The number of aromatic amines is 1. The molecule has 0 unspecified atom stereocenters. The first-order chi connectivity index (χ1) is 40.3. The molecule has 0 bridgehead atoms. The third kappa shape index (κ3) is 10.1. The van der Waals surface area contributed by atoms with E-state index in [9.17, 15) is 23.3 Å². The molecule has 1 amide bonds. The highest BCUT2D eigenvalue weighted by Crippen LogP contribution is 2.54. The number of piperidine rings is 1. The third-order valence-electron chi connectivity index (χ3n) is 18.6. The van der Waals surface area contributed by atoms with Crippen LogP contribution in [0.15, 0.2) is 84.1 Å². The second kappa shape index (κ2) is 21.7. The molecule has 436 valence electrons. The lowest BCUT2D eigenvalue weighted by atomic mass is 9.59. The Morgan fingerprint density at radius 1 is 0.904 bits per heavy atom. The predicted octanol–water partition coefficient (Wildman–Crippen LogP) is 7.84. The number of sulfonamides is 1. The van der Waals surface area contributed by atoms with E-state index in [4.69, 9.17) is 38.4 Å². The summed E-state index contributed by atoms with van der Waals surface area (Å²) < 4.78 is 67.8. The SMILES string of the molecule is CC(C)Oc1ccccc1[C@@H]1CN(c2ncnc3c2COCC3)CCN1C1CC2(CCN(c3ccc(C(=O)NS(=O)(=O)c4cc5c(c([N+](=O)[O-])c4)N[C@H](C4CCOCC4)CO5)c(N4c5cc6cc[nH]c6nc5O[C@H]5COCC[C@@H]54)c3)CC2)C1. The first-order valence-electron chi connectivity index (χ1n) is 29.3. The van der Waals surface area contributed by atoms with Gasteiger partial charge < -0.3 is 53.4 Å². The van der Waals surface area contributed by atoms with Gasteiger partial charge in [0.1, 0.15) is 41.9 Å². The second-order valence-corrected chi connectivity index (χ2v) is 25.5. The highest BCUT2D eigenvalue weighted by Gasteiger charge is 2.51. The number of rotatable bonds is 12. The van der Waals surface area contributed by atoms with Crippen LogP contribution >= 0.6 is 0 Å². The van der Waals surface area contributed by atoms with Gasteiger partial charge in [-0.05, 0) is 107 Å². The minimum Gasteiger partial charge on any atom is -0.491 e. The number of pyridine rings is 1. The number of carbonyl (C=O) groups is 1. The van der Waals surface area contributed by atoms with Crippen LogP contribution in [0.5, 0.6) is 17.4 Å². The molecule has 6 aromatic rings. The van der Waals surface area contributed by atoms with Gasteiger partial charge >= 0.3 is 0 Å². The molecule has 22 nitrogen and oxygen atoms in total. The van der Waals surface area contributed by atoms with Gasteiger partial charge in [0.2, 0.25) is 5.88 Å². The van der Waals surface area contributed by atoms with Gasteiger partial charge in [-0.2, -0.15) is 4.98 Å². The first-order valence-corrected chi connectivity index (χ1v) is 30.8. The molecule has 0 radical (unpaired) electrons. The summed E-state index contributed by atoms with van der Waals surface area (Å²) in [7, 11) is -4.72. The van der Waals surface area contributed by atoms with Crippen LogP contribution in [0.1, 0.15) is 92.0 Å². The number of anilines is 5. The zero-order valence-corrected chi connectivity index (χ0v) is 47.5. The maximum Gasteiger partial charge on any atom is 0.297 e. The Morgan fingerprint density at radius 2 is 1.73 bits per heavy atom. The summed E-state index contributed by atoms with van der Waals surface area (Å²) in [5.74, 6) is 1.51. The predicted molar refractivity (Wildman–Crippen MR) is 309 cm³/mol. The lowest BCUT2D eigenvalue weighted by molar-refractivity contribution is -0.384. The topological polar surface area (TPSA) is 241 Å². The number of amides is 1. The van der Waals surface area contributed by atoms with Crippen LogP contribution in [0.25, 0.3) is 11.0 Å². The van der Waals surface area contributed by atoms with Gasteiger partial charge in [0, 0.05) is 106 Å². The fraction of sp³-hybridized carbons (Fsp3) is 0.500. The van der Waals surface area contributed by atoms with E-state index in [1.807, 2.05) is 30.5 Å². The van der Waals surface area contributed by atoms with E-state index in [2.05, 4.69) is 77.7 Å². The van der Waals surface area contributed by atoms with Crippen molar-refractivity contribution >= 4 is 61.2 Å². The molecular weight excluding hydrogens is 1080 g/mol. The van der Waals surface area contributed by atoms with E-state index in [-0.39, 0.29) is 65.8 Å². The molecule has 14 rings (SSSR count). The molecule has 4 atom stereocenters. The Balaban J connectivity index is 0.743. The average molecular weight is 1150 g/mol. The second-order valence-electron chi connectivity index (χ2n) is 23.8. The number of benzene rings is 3. The molecular formula is C60H69N11O11S. The van der Waals surface area contributed by atoms with Crippen LogP contribution in [-0.4, -0.2) is 147 Å². The number of hydrogen-bond donors (Lipinski definition) is 3. The molecule has 10 heterocycles. The number of nitro groups is 1. The molecule has 1 saturated carbocycles. The summed E-state index contributed by atoms with van der Waals surface area (Å²) in [6.45, 7) is 11.4. The highest BCUT2D eigenvalue weighted by atomic mass is 32.2. The lowest BCUT2D eigenvalue weighted by Gasteiger charge is -2.58. The number of aromatic nitrogens is 4. The molecule has 1 aliphatic carbocycles. The largest absolute Gasteiger partial charge is 0.491 e. The first kappa shape index (κ1) is 53.7. The van der Waals surface area contributed by atoms with Crippen LogP contribution in [-0.2, 0) is 37.3 Å². The Bertz CT molecular complexity index is 3580. The van der Waals surface area contributed by atoms with Crippen molar-refractivity contribution < 1.29 is 46.6 Å². The van der Waals surface area contributed by atoms with Gasteiger partial charge in [0.05, 0.1) is 70.8 Å². The fourth-order valence-corrected chi connectivity index (χ4v) is 15.3. The van der Waals surface area contributed by atoms with Crippen LogP contribution < -0.4 is 38.9 Å². The van der Waals surface area contributed by atoms with E-state index >= 15 is 0 Å². The van der Waals surface area contributed by atoms with Crippen LogP contribution in [0.2, 0.25) is 0 Å². The summed E-state index contributed by atoms with van der Waals surface area (Å²) in [5.41, 5.74) is 5.86. The third-order valence-corrected chi connectivity index (χ3v) is 19.9. The van der Waals surface area contributed by atoms with Crippen LogP contribution in [0.3, 0.4) is 0 Å². The molecule has 1 spiro atoms. The Morgan fingerprint density at radius 3 is 2.57 bits per heavy atom. The number of hydrogen-bond acceptors (Lipinski definition) is 19. The van der Waals surface area contributed by atoms with Crippen molar-refractivity contribution in [2.24, 2.45) is 11.3 Å². The molecule has 83 heavy (non-hydrogen) atoms. The maximum absolute atomic E-state index is 15.0. The van der Waals surface area contributed by atoms with E-state index in [0.29, 0.717) is 68.4 Å². The summed E-state index contributed by atoms with van der Waals surface area (Å²) in [5, 5.41) is 16.7. The number of nitrogens with zero attached hydrogens (tertiary/aromatic N) is 8. The normalized spacial score (nSPS) is 23.7. The lowest BCUT2D eigenvalue weighted by Crippen LogP contribution is -2.60. The smallest absolute Gasteiger partial charge is 0.297 e. The van der Waals surface area contributed by atoms with Crippen LogP contribution in [0, 0.1) is 21.4 Å². The number of nitrogens with one attached hydrogen (secondary N) is 3. The van der Waals surface area contributed by atoms with Gasteiger partial charge in [-0.25, -0.2) is 23.1 Å². The summed E-state index contributed by atoms with van der Waals surface area (Å²) in [6.07, 6.45) is 10.0. The van der Waals surface area contributed by atoms with Crippen molar-refractivity contribution in [3.8, 4) is 17.4 Å². The molecule has 23 heteroatoms. The van der Waals surface area contributed by atoms with Crippen molar-refractivity contribution in [2.75, 3.05) is 92.4 Å². The quantitative estimate of drug-likeness (QED) is 0.0781. The highest BCUT2D eigenvalue weighted by molar-refractivity contribution is 7.90. The zero-order chi connectivity index (χ0) is 56.6. The number of carbonyl (C=O) groups excluding carboxylic acids is 1. The molecule has 3 N–H and O–H groups in total. The molecule has 4 saturated heterocycles. The van der Waals surface area contributed by atoms with Crippen molar-refractivity contribution in [1.29, 1.82) is 0 Å². The van der Waals surface area contributed by atoms with Gasteiger partial charge in [0.15, 0.2) is 11.4 Å². The zero-order valence-electron chi connectivity index (χ0n) is 46.7. The average Bonchev–Trinajstić information content (AvgIpc) is 4.22. The van der Waals surface area contributed by atoms with Crippen molar-refractivity contribution in [3.63, 3.8) is 0 Å². The molecule has 5 fully saturated rings. The Hall–Kier alpha value is -7.31. The van der Waals surface area contributed by atoms with E-state index in [1.165, 1.54) is 11.6 Å². The summed E-state index contributed by atoms with van der Waals surface area (Å²) in [4.78, 5) is 53.6. The summed E-state index contributed by atoms with van der Waals surface area (Å²) in [6, 6.07) is 20.1. The fourth-order valence-electron chi connectivity index (χ4n) is 14.3. The van der Waals surface area contributed by atoms with E-state index in [0.717, 1.165) is 118 Å². The standard InChI is InChI=1S/C60H69N11O11S/c1-36(2)81-52-6-4-3-5-42(52)51-31-68(57-44-32-78-23-12-45(44)62-35-63-57)19-20-69(51)40-29-60(30-40)14-17-67(18-15-60)39-7-8-43(48(26-39)70-47-13-24-79-34-54(47)82-59-50(70)25-38-9-16-61-56(38)65-59)58(72)66-83(75,76)41-27-49(71(73)74)55-53(28-41)80-33-46(64-55)37-10-21-77-22-11-37/h3-9,16,25-28,35-37,40,46-47,51,54,64H,10-15,17-24,29-34H2,1-2H3,(H,61,65)(H,66,72)/t46-,47-,51-,54-/m0/s1. The minimum absolute atomic E-state index is 0.0210. The van der Waals surface area contributed by atoms with Crippen molar-refractivity contribution in [3.05, 3.63) is 112 Å². The van der Waals surface area contributed by atoms with Gasteiger partial charge in [-0.1, -0.05) is 18.2 Å². The van der Waals surface area contributed by atoms with Crippen molar-refractivity contribution in [2.45, 2.75) is 113 Å². The number of fused-ring (bicyclic) bond motifs is 5. The number of ether oxygens (including phenoxy) is 6. The minimum atomic E-state index is -4.72. The Labute approximate surface area is 481 Å². The number of piperazine rings is 1. The van der Waals surface area contributed by atoms with Gasteiger partial charge in [0.25, 0.3) is 21.6 Å². The van der Waals surface area contributed by atoms with Crippen LogP contribution in [0.4, 0.5) is 34.3 Å². The monoisotopic (exact) mass is 1150 g/mol. The maximum atomic E-state index is 15.0. The molecule has 3 aromatic heterocycles. The van der Waals surface area contributed by atoms with Crippen molar-refractivity contribution in [1.82, 2.24) is 29.6 Å². The molecule has 8 aliphatic rings. The molecule has 7 aliphatic heterocycles. The number of nitro benzene ring substituents is 1. The van der Waals surface area contributed by atoms with Gasteiger partial charge in [-0.15, -0.1) is 0 Å². The van der Waals surface area contributed by atoms with E-state index in [1.54, 1.807) is 12.4 Å². The van der Waals surface area contributed by atoms with E-state index < -0.39 is 37.5 Å². The summed E-state index contributed by atoms with van der Waals surface area (Å²) >= 11 is 0. The Kier molecular flexibility index (Phi) is 14.0. The number of para-hydroxylation sites is 1.